The summed E-state index contributed by atoms with van der Waals surface area (Å²) in [5.74, 6) is -0.230. The summed E-state index contributed by atoms with van der Waals surface area (Å²) in [6.07, 6.45) is 2.26. The summed E-state index contributed by atoms with van der Waals surface area (Å²) >= 11 is 5.88. The molecule has 0 spiro atoms. The van der Waals surface area contributed by atoms with Gasteiger partial charge < -0.3 is 4.90 Å². The lowest BCUT2D eigenvalue weighted by Crippen LogP contribution is -2.47. The van der Waals surface area contributed by atoms with Crippen molar-refractivity contribution < 1.29 is 13.2 Å². The molecular weight excluding hydrogens is 396 g/mol. The minimum atomic E-state index is -3.62. The number of nitrogens with zero attached hydrogens (tertiary/aromatic N) is 2. The van der Waals surface area contributed by atoms with Crippen LogP contribution in [0.25, 0.3) is 0 Å². The number of amides is 1. The van der Waals surface area contributed by atoms with Crippen molar-refractivity contribution in [3.05, 3.63) is 64.7 Å². The highest BCUT2D eigenvalue weighted by atomic mass is 35.5. The van der Waals surface area contributed by atoms with Gasteiger partial charge in [-0.15, -0.1) is 0 Å². The van der Waals surface area contributed by atoms with Crippen LogP contribution in [0.5, 0.6) is 0 Å². The Hall–Kier alpha value is -1.89. The summed E-state index contributed by atoms with van der Waals surface area (Å²) in [5, 5.41) is 0.496. The lowest BCUT2D eigenvalue weighted by molar-refractivity contribution is -0.137. The molecule has 1 amide bonds. The molecule has 2 aliphatic heterocycles. The average molecular weight is 419 g/mol. The number of benzene rings is 2. The van der Waals surface area contributed by atoms with Crippen LogP contribution in [0.3, 0.4) is 0 Å². The zero-order chi connectivity index (χ0) is 19.7. The Morgan fingerprint density at radius 2 is 1.71 bits per heavy atom. The van der Waals surface area contributed by atoms with Crippen LogP contribution in [-0.4, -0.2) is 43.2 Å². The van der Waals surface area contributed by atoms with Crippen molar-refractivity contribution in [3.8, 4) is 0 Å². The smallest absolute Gasteiger partial charge is 0.243 e. The lowest BCUT2D eigenvalue weighted by atomic mass is 9.95. The first-order valence-corrected chi connectivity index (χ1v) is 11.4. The molecule has 0 bridgehead atoms. The van der Waals surface area contributed by atoms with E-state index in [1.807, 2.05) is 17.0 Å². The third-order valence-corrected chi connectivity index (χ3v) is 7.76. The minimum absolute atomic E-state index is 0.0607. The average Bonchev–Trinajstić information content (AvgIpc) is 2.73. The van der Waals surface area contributed by atoms with Crippen molar-refractivity contribution >= 4 is 27.5 Å². The molecule has 0 N–H and O–H groups in total. The van der Waals surface area contributed by atoms with Crippen LogP contribution < -0.4 is 0 Å². The van der Waals surface area contributed by atoms with Gasteiger partial charge in [-0.25, -0.2) is 8.42 Å². The van der Waals surface area contributed by atoms with Gasteiger partial charge >= 0.3 is 0 Å². The molecule has 2 aliphatic rings. The van der Waals surface area contributed by atoms with Crippen molar-refractivity contribution in [2.75, 3.05) is 19.6 Å². The van der Waals surface area contributed by atoms with Crippen LogP contribution >= 0.6 is 11.6 Å². The van der Waals surface area contributed by atoms with Gasteiger partial charge in [0.25, 0.3) is 0 Å². The van der Waals surface area contributed by atoms with Gasteiger partial charge in [-0.1, -0.05) is 35.9 Å². The van der Waals surface area contributed by atoms with E-state index in [1.165, 1.54) is 27.6 Å². The second kappa shape index (κ2) is 7.85. The van der Waals surface area contributed by atoms with E-state index in [4.69, 9.17) is 11.6 Å². The molecule has 4 rings (SSSR count). The van der Waals surface area contributed by atoms with E-state index in [-0.39, 0.29) is 23.3 Å². The number of rotatable bonds is 3. The summed E-state index contributed by atoms with van der Waals surface area (Å²) in [6.45, 7) is 1.98. The quantitative estimate of drug-likeness (QED) is 0.768. The molecule has 2 aromatic carbocycles. The molecule has 0 aliphatic carbocycles. The molecule has 5 nitrogen and oxygen atoms in total. The maximum Gasteiger partial charge on any atom is 0.243 e. The van der Waals surface area contributed by atoms with Gasteiger partial charge in [-0.2, -0.15) is 4.31 Å². The fourth-order valence-electron chi connectivity index (χ4n) is 4.06. The summed E-state index contributed by atoms with van der Waals surface area (Å²) in [7, 11) is -3.62. The van der Waals surface area contributed by atoms with E-state index in [2.05, 4.69) is 12.1 Å². The van der Waals surface area contributed by atoms with E-state index in [0.717, 1.165) is 12.8 Å². The van der Waals surface area contributed by atoms with E-state index in [1.54, 1.807) is 12.1 Å². The van der Waals surface area contributed by atoms with E-state index < -0.39 is 10.0 Å². The second-order valence-electron chi connectivity index (χ2n) is 7.43. The van der Waals surface area contributed by atoms with Crippen LogP contribution in [0.1, 0.15) is 24.0 Å². The Morgan fingerprint density at radius 1 is 1.00 bits per heavy atom. The Bertz CT molecular complexity index is 975. The zero-order valence-electron chi connectivity index (χ0n) is 15.6. The molecule has 0 saturated carbocycles. The number of piperidine rings is 1. The van der Waals surface area contributed by atoms with Gasteiger partial charge in [0.15, 0.2) is 0 Å². The molecule has 1 saturated heterocycles. The highest BCUT2D eigenvalue weighted by Crippen LogP contribution is 2.27. The van der Waals surface area contributed by atoms with Crippen molar-refractivity contribution in [2.24, 2.45) is 5.92 Å². The molecule has 1 atom stereocenters. The summed E-state index contributed by atoms with van der Waals surface area (Å²) in [6, 6.07) is 14.4. The van der Waals surface area contributed by atoms with Crippen LogP contribution in [-0.2, 0) is 27.8 Å². The molecule has 0 aromatic heterocycles. The van der Waals surface area contributed by atoms with E-state index in [9.17, 15) is 13.2 Å². The number of carbonyl (C=O) groups is 1. The highest BCUT2D eigenvalue weighted by Gasteiger charge is 2.35. The monoisotopic (exact) mass is 418 g/mol. The largest absolute Gasteiger partial charge is 0.338 e. The predicted octanol–water partition coefficient (Wildman–Crippen LogP) is 3.33. The molecule has 148 valence electrons. The standard InChI is InChI=1S/C21H23ClN2O3S/c22-19-7-9-20(10-8-19)28(26,27)24-12-3-6-18(15-24)21(25)23-13-11-16-4-1-2-5-17(16)14-23/h1-2,4-5,7-10,18H,3,6,11-15H2/t18-/m1/s1. The maximum atomic E-state index is 13.1. The number of carbonyl (C=O) groups excluding carboxylic acids is 1. The lowest BCUT2D eigenvalue weighted by Gasteiger charge is -2.36. The summed E-state index contributed by atoms with van der Waals surface area (Å²) < 4.78 is 27.4. The fourth-order valence-corrected chi connectivity index (χ4v) is 5.71. The molecule has 7 heteroatoms. The predicted molar refractivity (Wildman–Crippen MR) is 108 cm³/mol. The van der Waals surface area contributed by atoms with Crippen molar-refractivity contribution in [2.45, 2.75) is 30.7 Å². The Morgan fingerprint density at radius 3 is 2.46 bits per heavy atom. The Balaban J connectivity index is 1.48. The Kier molecular flexibility index (Phi) is 5.45. The summed E-state index contributed by atoms with van der Waals surface area (Å²) in [5.41, 5.74) is 2.48. The molecular formula is C21H23ClN2O3S. The normalized spacial score (nSPS) is 20.6. The SMILES string of the molecule is O=C([C@@H]1CCCN(S(=O)(=O)c2ccc(Cl)cc2)C1)N1CCc2ccccc2C1. The van der Waals surface area contributed by atoms with Crippen LogP contribution in [0.2, 0.25) is 5.02 Å². The molecule has 2 heterocycles. The number of hydrogen-bond donors (Lipinski definition) is 0. The van der Waals surface area contributed by atoms with Crippen molar-refractivity contribution in [3.63, 3.8) is 0 Å². The number of halogens is 1. The Labute approximate surface area is 171 Å². The molecule has 2 aromatic rings. The third-order valence-electron chi connectivity index (χ3n) is 5.63. The first-order valence-electron chi connectivity index (χ1n) is 9.56. The van der Waals surface area contributed by atoms with Crippen LogP contribution in [0.15, 0.2) is 53.4 Å². The van der Waals surface area contributed by atoms with Crippen LogP contribution in [0.4, 0.5) is 0 Å². The topological polar surface area (TPSA) is 57.7 Å². The van der Waals surface area contributed by atoms with Crippen molar-refractivity contribution in [1.82, 2.24) is 9.21 Å². The van der Waals surface area contributed by atoms with Gasteiger partial charge in [-0.05, 0) is 54.7 Å². The summed E-state index contributed by atoms with van der Waals surface area (Å²) in [4.78, 5) is 15.2. The second-order valence-corrected chi connectivity index (χ2v) is 9.81. The van der Waals surface area contributed by atoms with Crippen LogP contribution in [0, 0.1) is 5.92 Å². The van der Waals surface area contributed by atoms with E-state index in [0.29, 0.717) is 31.1 Å². The number of sulfonamides is 1. The van der Waals surface area contributed by atoms with Crippen molar-refractivity contribution in [1.29, 1.82) is 0 Å². The molecule has 0 unspecified atom stereocenters. The maximum absolute atomic E-state index is 13.1. The van der Waals surface area contributed by atoms with Gasteiger partial charge in [0.2, 0.25) is 15.9 Å². The molecule has 1 fully saturated rings. The zero-order valence-corrected chi connectivity index (χ0v) is 17.1. The van der Waals surface area contributed by atoms with Gasteiger partial charge in [0.05, 0.1) is 10.8 Å². The highest BCUT2D eigenvalue weighted by molar-refractivity contribution is 7.89. The van der Waals surface area contributed by atoms with Gasteiger partial charge in [0, 0.05) is 31.2 Å². The molecule has 28 heavy (non-hydrogen) atoms. The molecule has 0 radical (unpaired) electrons. The number of hydrogen-bond acceptors (Lipinski definition) is 3. The van der Waals surface area contributed by atoms with Gasteiger partial charge in [-0.3, -0.25) is 4.79 Å². The van der Waals surface area contributed by atoms with Gasteiger partial charge in [0.1, 0.15) is 0 Å². The third kappa shape index (κ3) is 3.81. The first kappa shape index (κ1) is 19.4. The fraction of sp³-hybridized carbons (Fsp3) is 0.381. The minimum Gasteiger partial charge on any atom is -0.338 e. The van der Waals surface area contributed by atoms with E-state index >= 15 is 0 Å². The number of fused-ring (bicyclic) bond motifs is 1. The first-order chi connectivity index (χ1) is 13.4.